The molecule has 9 aromatic carbocycles. The van der Waals surface area contributed by atoms with Gasteiger partial charge in [-0.15, -0.1) is 0 Å². The number of fused-ring (bicyclic) bond motifs is 9. The van der Waals surface area contributed by atoms with Gasteiger partial charge in [0.1, 0.15) is 78.2 Å². The lowest BCUT2D eigenvalue weighted by molar-refractivity contribution is 0.0544. The predicted molar refractivity (Wildman–Crippen MR) is 444 cm³/mol. The lowest BCUT2D eigenvalue weighted by Gasteiger charge is -2.35. The first-order chi connectivity index (χ1) is 56.1. The number of ether oxygens (including phenoxy) is 13. The number of nitrogens with zero attached hydrogens (tertiary/aromatic N) is 3. The van der Waals surface area contributed by atoms with Gasteiger partial charge < -0.3 is 76.5 Å². The molecule has 3 aliphatic rings. The Kier molecular flexibility index (Phi) is 28.8. The molecule has 3 amide bonds. The van der Waals surface area contributed by atoms with Gasteiger partial charge in [-0.3, -0.25) is 14.7 Å². The smallest absolute Gasteiger partial charge is 0.416 e. The Labute approximate surface area is 687 Å². The number of nitrogens with one attached hydrogen (secondary N) is 3. The number of carbonyl (C=O) groups is 3. The largest absolute Gasteiger partial charge is 0.497 e. The van der Waals surface area contributed by atoms with E-state index in [1.54, 1.807) is 91.7 Å². The average Bonchev–Trinajstić information content (AvgIpc) is 1.63. The molecule has 600 valence electrons. The minimum absolute atomic E-state index is 0.352. The van der Waals surface area contributed by atoms with Gasteiger partial charge in [0.15, 0.2) is 0 Å². The molecule has 15 rings (SSSR count). The SMILES string of the molecule is COCCOCCOc1ccc(C2c3[nH]c4ccc(Cl)cc4c3CCN2C(=O)Oc2ccc(C)cc2)cc1.COCCOCCOc1ccc(C2c3[nH]c4ccc(Cl)cc4c3CCN2C(=O)Oc2ccc(Cl)cc2)cc1.COCCOCCOc1ccc(C2c3[nH]c4ccc(Cl)cc4c3CCN2C(=O)Oc2ccc(OC)cc2)cc1. The highest BCUT2D eigenvalue weighted by molar-refractivity contribution is 6.32. The van der Waals surface area contributed by atoms with E-state index >= 15 is 0 Å². The van der Waals surface area contributed by atoms with Gasteiger partial charge in [-0.05, 0) is 211 Å². The number of rotatable bonds is 28. The van der Waals surface area contributed by atoms with E-state index < -0.39 is 18.3 Å². The van der Waals surface area contributed by atoms with Crippen LogP contribution in [0.2, 0.25) is 20.1 Å². The fourth-order valence-electron chi connectivity index (χ4n) is 14.3. The number of aryl methyl sites for hydroxylation is 1. The number of benzene rings is 9. The molecule has 0 saturated carbocycles. The molecular weight excluding hydrogens is 1550 g/mol. The van der Waals surface area contributed by atoms with Gasteiger partial charge in [0.25, 0.3) is 0 Å². The Morgan fingerprint density at radius 1 is 0.330 bits per heavy atom. The fraction of sp³-hybridized carbons (Fsp3) is 0.292. The van der Waals surface area contributed by atoms with Gasteiger partial charge in [-0.1, -0.05) is 100 Å². The fourth-order valence-corrected chi connectivity index (χ4v) is 14.9. The number of aromatic nitrogens is 3. The molecule has 3 aromatic heterocycles. The van der Waals surface area contributed by atoms with E-state index in [1.807, 2.05) is 159 Å². The van der Waals surface area contributed by atoms with E-state index in [0.717, 1.165) is 100 Å². The number of amides is 3. The first-order valence-electron chi connectivity index (χ1n) is 37.8. The van der Waals surface area contributed by atoms with Crippen LogP contribution in [0, 0.1) is 6.92 Å². The van der Waals surface area contributed by atoms with Crippen LogP contribution in [0.4, 0.5) is 14.4 Å². The Morgan fingerprint density at radius 2 is 0.600 bits per heavy atom. The van der Waals surface area contributed by atoms with Crippen LogP contribution in [0.15, 0.2) is 200 Å². The van der Waals surface area contributed by atoms with Crippen molar-refractivity contribution in [3.05, 3.63) is 276 Å². The standard InChI is InChI=1S/C30H31ClN2O6.C30H31ClN2O5.C29H28Cl2N2O5/c1-35-15-16-37-17-18-38-23-6-3-20(4-7-23)29-28-25(26-19-21(31)5-12-27(26)32-28)13-14-33(29)30(34)39-24-10-8-22(36-2)9-11-24;1-20-3-8-24(9-4-20)38-30(34)33-14-13-25-26-19-22(31)7-12-27(26)32-28(25)29(33)21-5-10-23(11-6-21)37-18-17-36-16-15-35-2;1-35-14-15-36-16-17-37-22-7-2-19(3-8-22)28-27-24(25-18-21(31)6-11-26(25)32-27)12-13-33(28)29(34)38-23-9-4-20(30)5-10-23/h3-12,19,29,32H,13-18H2,1-2H3;3-12,19,29,32H,13-18H2,1-2H3;2-11,18,28,32H,12-17H2,1H3. The molecule has 3 aliphatic heterocycles. The molecule has 3 N–H and O–H groups in total. The third-order valence-electron chi connectivity index (χ3n) is 19.9. The topological polar surface area (TPSA) is 228 Å². The minimum Gasteiger partial charge on any atom is -0.497 e. The van der Waals surface area contributed by atoms with Gasteiger partial charge in [-0.25, -0.2) is 14.4 Å². The van der Waals surface area contributed by atoms with E-state index in [9.17, 15) is 14.4 Å². The number of methoxy groups -OCH3 is 4. The number of hydrogen-bond acceptors (Lipinski definition) is 16. The summed E-state index contributed by atoms with van der Waals surface area (Å²) in [5.41, 5.74) is 13.2. The highest BCUT2D eigenvalue weighted by atomic mass is 35.5. The summed E-state index contributed by atoms with van der Waals surface area (Å²) in [6.45, 7) is 9.46. The maximum Gasteiger partial charge on any atom is 0.416 e. The van der Waals surface area contributed by atoms with Crippen LogP contribution in [-0.2, 0) is 47.7 Å². The maximum absolute atomic E-state index is 13.5. The molecular formula is C89H90Cl4N6O16. The summed E-state index contributed by atoms with van der Waals surface area (Å²) in [6.07, 6.45) is 0.781. The summed E-state index contributed by atoms with van der Waals surface area (Å²) < 4.78 is 71.3. The zero-order chi connectivity index (χ0) is 80.2. The number of halogens is 4. The molecule has 26 heteroatoms. The van der Waals surface area contributed by atoms with E-state index in [1.165, 1.54) is 5.56 Å². The summed E-state index contributed by atoms with van der Waals surface area (Å²) >= 11 is 24.9. The summed E-state index contributed by atoms with van der Waals surface area (Å²) in [4.78, 5) is 56.3. The number of carbonyl (C=O) groups excluding carboxylic acids is 3. The van der Waals surface area contributed by atoms with Gasteiger partial charge >= 0.3 is 18.3 Å². The van der Waals surface area contributed by atoms with E-state index in [2.05, 4.69) is 15.0 Å². The van der Waals surface area contributed by atoms with Crippen molar-refractivity contribution in [3.8, 4) is 40.2 Å². The van der Waals surface area contributed by atoms with Gasteiger partial charge in [-0.2, -0.15) is 0 Å². The van der Waals surface area contributed by atoms with Crippen LogP contribution in [0.5, 0.6) is 40.2 Å². The third kappa shape index (κ3) is 21.0. The second-order valence-corrected chi connectivity index (χ2v) is 29.0. The Morgan fingerprint density at radius 3 is 0.904 bits per heavy atom. The zero-order valence-electron chi connectivity index (χ0n) is 64.4. The van der Waals surface area contributed by atoms with Crippen molar-refractivity contribution >= 4 is 97.4 Å². The summed E-state index contributed by atoms with van der Waals surface area (Å²) in [7, 11) is 6.52. The van der Waals surface area contributed by atoms with Crippen molar-refractivity contribution in [2.45, 2.75) is 44.3 Å². The molecule has 0 spiro atoms. The highest BCUT2D eigenvalue weighted by Crippen LogP contribution is 2.44. The van der Waals surface area contributed by atoms with Crippen LogP contribution in [0.3, 0.4) is 0 Å². The molecule has 3 atom stereocenters. The lowest BCUT2D eigenvalue weighted by Crippen LogP contribution is -2.42. The number of H-pyrrole nitrogens is 3. The summed E-state index contributed by atoms with van der Waals surface area (Å²) in [5.74, 6) is 4.27. The molecule has 22 nitrogen and oxygen atoms in total. The number of hydrogen-bond donors (Lipinski definition) is 3. The maximum atomic E-state index is 13.5. The third-order valence-corrected chi connectivity index (χ3v) is 20.8. The molecule has 3 unspecified atom stereocenters. The van der Waals surface area contributed by atoms with Crippen molar-refractivity contribution in [3.63, 3.8) is 0 Å². The minimum atomic E-state index is -0.437. The van der Waals surface area contributed by atoms with Crippen LogP contribution >= 0.6 is 46.4 Å². The number of aromatic amines is 3. The van der Waals surface area contributed by atoms with Crippen molar-refractivity contribution < 1.29 is 76.0 Å². The van der Waals surface area contributed by atoms with Gasteiger partial charge in [0.2, 0.25) is 0 Å². The molecule has 0 radical (unpaired) electrons. The van der Waals surface area contributed by atoms with Crippen molar-refractivity contribution in [1.82, 2.24) is 29.7 Å². The highest BCUT2D eigenvalue weighted by Gasteiger charge is 2.39. The first-order valence-corrected chi connectivity index (χ1v) is 39.3. The molecule has 0 fully saturated rings. The van der Waals surface area contributed by atoms with E-state index in [-0.39, 0.29) is 18.1 Å². The molecule has 0 bridgehead atoms. The average molecular weight is 1640 g/mol. The Balaban J connectivity index is 0.000000150. The predicted octanol–water partition coefficient (Wildman–Crippen LogP) is 19.0. The zero-order valence-corrected chi connectivity index (χ0v) is 67.4. The van der Waals surface area contributed by atoms with Gasteiger partial charge in [0.05, 0.1) is 66.6 Å². The lowest BCUT2D eigenvalue weighted by atomic mass is 9.92. The van der Waals surface area contributed by atoms with Crippen molar-refractivity contribution in [2.75, 3.05) is 127 Å². The van der Waals surface area contributed by atoms with Crippen LogP contribution in [-0.4, -0.2) is 175 Å². The summed E-state index contributed by atoms with van der Waals surface area (Å²) in [6, 6.07) is 60.9. The van der Waals surface area contributed by atoms with E-state index in [4.69, 9.17) is 108 Å². The van der Waals surface area contributed by atoms with Gasteiger partial charge in [0, 0.05) is 111 Å². The molecule has 0 aliphatic carbocycles. The first kappa shape index (κ1) is 82.5. The molecule has 0 saturated heterocycles. The monoisotopic (exact) mass is 1640 g/mol. The summed E-state index contributed by atoms with van der Waals surface area (Å²) in [5, 5.41) is 5.83. The van der Waals surface area contributed by atoms with Crippen LogP contribution in [0.25, 0.3) is 32.7 Å². The van der Waals surface area contributed by atoms with Crippen molar-refractivity contribution in [1.29, 1.82) is 0 Å². The quantitative estimate of drug-likeness (QED) is 0.0387. The Hall–Kier alpha value is -10.5. The molecule has 12 aromatic rings. The molecule has 6 heterocycles. The molecule has 115 heavy (non-hydrogen) atoms. The van der Waals surface area contributed by atoms with Crippen LogP contribution < -0.4 is 33.2 Å². The van der Waals surface area contributed by atoms with Crippen LogP contribution in [0.1, 0.15) is 74.2 Å². The normalized spacial score (nSPS) is 14.9. The second-order valence-electron chi connectivity index (χ2n) is 27.3. The Bertz CT molecular complexity index is 4990. The van der Waals surface area contributed by atoms with Crippen molar-refractivity contribution in [2.24, 2.45) is 0 Å². The second kappa shape index (κ2) is 40.2. The van der Waals surface area contributed by atoms with E-state index in [0.29, 0.717) is 161 Å².